The third kappa shape index (κ3) is 5.51. The van der Waals surface area contributed by atoms with Crippen LogP contribution in [0.25, 0.3) is 0 Å². The molecule has 0 aliphatic rings. The number of carbonyl (C=O) groups is 2. The maximum atomic E-state index is 13.1. The topological polar surface area (TPSA) is 98.5 Å². The van der Waals surface area contributed by atoms with Crippen LogP contribution in [-0.2, 0) is 17.5 Å². The minimum absolute atomic E-state index is 0.231. The van der Waals surface area contributed by atoms with Crippen molar-refractivity contribution in [2.24, 2.45) is 0 Å². The van der Waals surface area contributed by atoms with Crippen molar-refractivity contribution in [2.75, 3.05) is 6.61 Å². The summed E-state index contributed by atoms with van der Waals surface area (Å²) in [6.45, 7) is 0.908. The van der Waals surface area contributed by atoms with Gasteiger partial charge in [0.15, 0.2) is 6.61 Å². The molecule has 0 bridgehead atoms. The first-order valence-corrected chi connectivity index (χ1v) is 8.24. The summed E-state index contributed by atoms with van der Waals surface area (Å²) in [7, 11) is 0. The highest BCUT2D eigenvalue weighted by atomic mass is 32.1. The number of nitro benzene ring substituents is 1. The zero-order valence-electron chi connectivity index (χ0n) is 13.8. The van der Waals surface area contributed by atoms with E-state index < -0.39 is 40.5 Å². The molecule has 0 aliphatic heterocycles. The Bertz CT molecular complexity index is 879. The molecule has 0 saturated heterocycles. The normalized spacial score (nSPS) is 11.1. The Balaban J connectivity index is 2.10. The lowest BCUT2D eigenvalue weighted by Gasteiger charge is -2.13. The molecule has 11 heteroatoms. The van der Waals surface area contributed by atoms with Gasteiger partial charge in [0.2, 0.25) is 11.7 Å². The summed E-state index contributed by atoms with van der Waals surface area (Å²) in [4.78, 5) is 33.6. The fraction of sp³-hybridized carbons (Fsp3) is 0.250. The van der Waals surface area contributed by atoms with Gasteiger partial charge in [-0.15, -0.1) is 11.3 Å². The van der Waals surface area contributed by atoms with Crippen LogP contribution in [0.15, 0.2) is 30.3 Å². The molecular formula is C16H13F3N2O5S. The number of amides is 1. The SMILES string of the molecule is CC(=O)NCc1ccc(C(=O)COc2ccc([N+](=O)[O-])cc2C(F)(F)F)s1. The summed E-state index contributed by atoms with van der Waals surface area (Å²) in [5.74, 6) is -1.46. The molecular weight excluding hydrogens is 389 g/mol. The van der Waals surface area contributed by atoms with Gasteiger partial charge in [0, 0.05) is 23.9 Å². The molecule has 0 fully saturated rings. The number of ketones is 1. The minimum atomic E-state index is -4.88. The highest BCUT2D eigenvalue weighted by Gasteiger charge is 2.36. The number of nitro groups is 1. The summed E-state index contributed by atoms with van der Waals surface area (Å²) in [5, 5.41) is 13.2. The standard InChI is InChI=1S/C16H13F3N2O5S/c1-9(22)20-7-11-3-5-15(27-11)13(23)8-26-14-4-2-10(21(24)25)6-12(14)16(17,18)19/h2-6H,7-8H2,1H3,(H,20,22). The number of alkyl halides is 3. The second kappa shape index (κ2) is 8.16. The second-order valence-corrected chi connectivity index (χ2v) is 6.49. The summed E-state index contributed by atoms with van der Waals surface area (Å²) in [6, 6.07) is 5.13. The lowest BCUT2D eigenvalue weighted by molar-refractivity contribution is -0.385. The number of nitrogens with zero attached hydrogens (tertiary/aromatic N) is 1. The van der Waals surface area contributed by atoms with Crippen LogP contribution in [0.5, 0.6) is 5.75 Å². The van der Waals surface area contributed by atoms with Crippen LogP contribution < -0.4 is 10.1 Å². The van der Waals surface area contributed by atoms with Crippen LogP contribution in [-0.4, -0.2) is 23.2 Å². The molecule has 2 aromatic rings. The van der Waals surface area contributed by atoms with Crippen molar-refractivity contribution < 1.29 is 32.4 Å². The number of ether oxygens (including phenoxy) is 1. The van der Waals surface area contributed by atoms with Crippen molar-refractivity contribution in [1.29, 1.82) is 0 Å². The summed E-state index contributed by atoms with van der Waals surface area (Å²) in [5.41, 5.74) is -2.07. The van der Waals surface area contributed by atoms with Crippen molar-refractivity contribution in [3.05, 3.63) is 55.8 Å². The Morgan fingerprint density at radius 3 is 2.56 bits per heavy atom. The lowest BCUT2D eigenvalue weighted by atomic mass is 10.1. The molecule has 0 unspecified atom stereocenters. The number of thiophene rings is 1. The molecule has 1 amide bonds. The van der Waals surface area contributed by atoms with E-state index in [2.05, 4.69) is 5.32 Å². The van der Waals surface area contributed by atoms with E-state index in [0.29, 0.717) is 10.9 Å². The van der Waals surface area contributed by atoms with Crippen molar-refractivity contribution in [1.82, 2.24) is 5.32 Å². The van der Waals surface area contributed by atoms with E-state index in [1.54, 1.807) is 6.07 Å². The molecule has 1 aromatic carbocycles. The van der Waals surface area contributed by atoms with Gasteiger partial charge in [0.1, 0.15) is 11.3 Å². The van der Waals surface area contributed by atoms with Crippen LogP contribution in [0.4, 0.5) is 18.9 Å². The second-order valence-electron chi connectivity index (χ2n) is 5.32. The van der Waals surface area contributed by atoms with Gasteiger partial charge in [0.25, 0.3) is 5.69 Å². The van der Waals surface area contributed by atoms with Gasteiger partial charge < -0.3 is 10.1 Å². The van der Waals surface area contributed by atoms with E-state index >= 15 is 0 Å². The maximum Gasteiger partial charge on any atom is 0.420 e. The Morgan fingerprint density at radius 1 is 1.26 bits per heavy atom. The van der Waals surface area contributed by atoms with Gasteiger partial charge in [-0.25, -0.2) is 0 Å². The van der Waals surface area contributed by atoms with E-state index in [-0.39, 0.29) is 17.3 Å². The van der Waals surface area contributed by atoms with Crippen LogP contribution in [0.1, 0.15) is 27.0 Å². The van der Waals surface area contributed by atoms with Gasteiger partial charge in [0.05, 0.1) is 16.3 Å². The predicted molar refractivity (Wildman–Crippen MR) is 89.8 cm³/mol. The van der Waals surface area contributed by atoms with Gasteiger partial charge in [-0.2, -0.15) is 13.2 Å². The van der Waals surface area contributed by atoms with Crippen LogP contribution >= 0.6 is 11.3 Å². The molecule has 144 valence electrons. The number of rotatable bonds is 7. The van der Waals surface area contributed by atoms with E-state index in [1.165, 1.54) is 13.0 Å². The minimum Gasteiger partial charge on any atom is -0.485 e. The molecule has 27 heavy (non-hydrogen) atoms. The van der Waals surface area contributed by atoms with E-state index in [1.807, 2.05) is 0 Å². The molecule has 0 spiro atoms. The molecule has 1 heterocycles. The van der Waals surface area contributed by atoms with Crippen molar-refractivity contribution in [2.45, 2.75) is 19.6 Å². The highest BCUT2D eigenvalue weighted by Crippen LogP contribution is 2.38. The van der Waals surface area contributed by atoms with Crippen molar-refractivity contribution in [3.63, 3.8) is 0 Å². The summed E-state index contributed by atoms with van der Waals surface area (Å²) < 4.78 is 44.2. The first kappa shape index (κ1) is 20.4. The van der Waals surface area contributed by atoms with E-state index in [4.69, 9.17) is 4.74 Å². The van der Waals surface area contributed by atoms with Crippen LogP contribution in [0, 0.1) is 10.1 Å². The third-order valence-corrected chi connectivity index (χ3v) is 4.41. The average Bonchev–Trinajstić information content (AvgIpc) is 3.06. The van der Waals surface area contributed by atoms with E-state index in [9.17, 15) is 32.9 Å². The van der Waals surface area contributed by atoms with Crippen LogP contribution in [0.2, 0.25) is 0 Å². The first-order valence-electron chi connectivity index (χ1n) is 7.42. The lowest BCUT2D eigenvalue weighted by Crippen LogP contribution is -2.18. The fourth-order valence-electron chi connectivity index (χ4n) is 2.03. The number of benzene rings is 1. The van der Waals surface area contributed by atoms with Crippen molar-refractivity contribution in [3.8, 4) is 5.75 Å². The van der Waals surface area contributed by atoms with Crippen LogP contribution in [0.3, 0.4) is 0 Å². The van der Waals surface area contributed by atoms with Gasteiger partial charge in [-0.1, -0.05) is 0 Å². The van der Waals surface area contributed by atoms with E-state index in [0.717, 1.165) is 23.5 Å². The Morgan fingerprint density at radius 2 is 1.96 bits per heavy atom. The largest absolute Gasteiger partial charge is 0.485 e. The molecule has 7 nitrogen and oxygen atoms in total. The number of non-ortho nitro benzene ring substituents is 1. The Labute approximate surface area is 154 Å². The number of Topliss-reactive ketones (excluding diaryl/α,β-unsaturated/α-hetero) is 1. The number of hydrogen-bond donors (Lipinski definition) is 1. The first-order chi connectivity index (χ1) is 12.6. The quantitative estimate of drug-likeness (QED) is 0.434. The Hall–Kier alpha value is -2.95. The molecule has 2 rings (SSSR count). The number of halogens is 3. The molecule has 0 aliphatic carbocycles. The number of nitrogens with one attached hydrogen (secondary N) is 1. The molecule has 0 saturated carbocycles. The summed E-state index contributed by atoms with van der Waals surface area (Å²) in [6.07, 6.45) is -4.88. The van der Waals surface area contributed by atoms with Gasteiger partial charge >= 0.3 is 6.18 Å². The van der Waals surface area contributed by atoms with Gasteiger partial charge in [-0.05, 0) is 18.2 Å². The maximum absolute atomic E-state index is 13.1. The molecule has 0 atom stereocenters. The molecule has 1 N–H and O–H groups in total. The van der Waals surface area contributed by atoms with Crippen molar-refractivity contribution >= 4 is 28.7 Å². The highest BCUT2D eigenvalue weighted by molar-refractivity contribution is 7.14. The summed E-state index contributed by atoms with van der Waals surface area (Å²) >= 11 is 1.08. The molecule has 0 radical (unpaired) electrons. The van der Waals surface area contributed by atoms with Gasteiger partial charge in [-0.3, -0.25) is 19.7 Å². The smallest absolute Gasteiger partial charge is 0.420 e. The molecule has 1 aromatic heterocycles. The Kier molecular flexibility index (Phi) is 6.16. The predicted octanol–water partition coefficient (Wildman–Crippen LogP) is 3.57. The number of carbonyl (C=O) groups excluding carboxylic acids is 2. The monoisotopic (exact) mass is 402 g/mol. The zero-order valence-corrected chi connectivity index (χ0v) is 14.6. The fourth-order valence-corrected chi connectivity index (χ4v) is 2.90. The zero-order chi connectivity index (χ0) is 20.2. The third-order valence-electron chi connectivity index (χ3n) is 3.29. The average molecular weight is 402 g/mol. The number of hydrogen-bond acceptors (Lipinski definition) is 6.